The number of methoxy groups -OCH3 is 2. The van der Waals surface area contributed by atoms with Gasteiger partial charge in [0.25, 0.3) is 5.91 Å². The van der Waals surface area contributed by atoms with Crippen molar-refractivity contribution >= 4 is 23.3 Å². The number of hydrogen-bond acceptors (Lipinski definition) is 7. The van der Waals surface area contributed by atoms with Crippen molar-refractivity contribution in [1.82, 2.24) is 25.1 Å². The molecular weight excluding hydrogens is 496 g/mol. The number of nitrogens with one attached hydrogen (secondary N) is 2. The Morgan fingerprint density at radius 3 is 2.18 bits per heavy atom. The van der Waals surface area contributed by atoms with Gasteiger partial charge in [-0.05, 0) is 25.9 Å². The van der Waals surface area contributed by atoms with Crippen molar-refractivity contribution in [2.24, 2.45) is 10.9 Å². The standard InChI is InChI=1S/C20H30N6O4.C4H10.C3H8.C2H6/c1-7-14(20(30-6)23-13(2)29-5)18-24-17(19(28)22-11-16(27)21-3)15-12-25(4)9-8-10-26(15)18;1-4(2)3;1-3-2;1-2/h7H,1,8-12H2,2-6H3,(H,21,27)(H,22,28);4H,1-3H3;3H2,1-2H3;1-2H3/b20-14-,23-13+;;;. The number of amides is 2. The minimum atomic E-state index is -0.414. The molecule has 0 fully saturated rings. The number of aliphatic imine (C=N–C) groups is 1. The number of allylic oxidation sites excluding steroid dienone is 2. The third-order valence-electron chi connectivity index (χ3n) is 4.74. The fourth-order valence-electron chi connectivity index (χ4n) is 3.12. The summed E-state index contributed by atoms with van der Waals surface area (Å²) in [7, 11) is 6.53. The molecule has 1 aromatic rings. The summed E-state index contributed by atoms with van der Waals surface area (Å²) in [5.41, 5.74) is 1.58. The summed E-state index contributed by atoms with van der Waals surface area (Å²) in [5, 5.41) is 5.10. The molecule has 0 spiro atoms. The largest absolute Gasteiger partial charge is 0.484 e. The van der Waals surface area contributed by atoms with Crippen molar-refractivity contribution in [2.45, 2.75) is 81.3 Å². The zero-order valence-electron chi connectivity index (χ0n) is 26.5. The lowest BCUT2D eigenvalue weighted by molar-refractivity contribution is -0.119. The van der Waals surface area contributed by atoms with E-state index in [-0.39, 0.29) is 24.0 Å². The Balaban J connectivity index is 0. The van der Waals surface area contributed by atoms with E-state index in [1.807, 2.05) is 25.5 Å². The smallest absolute Gasteiger partial charge is 0.272 e. The maximum Gasteiger partial charge on any atom is 0.272 e. The highest BCUT2D eigenvalue weighted by Crippen LogP contribution is 2.27. The van der Waals surface area contributed by atoms with Crippen molar-refractivity contribution in [1.29, 1.82) is 0 Å². The van der Waals surface area contributed by atoms with Crippen LogP contribution in [0.15, 0.2) is 23.5 Å². The number of hydrogen-bond donors (Lipinski definition) is 2. The molecule has 0 unspecified atom stereocenters. The molecule has 0 aromatic carbocycles. The fraction of sp³-hybridized carbons (Fsp3) is 0.655. The molecule has 224 valence electrons. The van der Waals surface area contributed by atoms with Gasteiger partial charge in [-0.15, -0.1) is 0 Å². The zero-order valence-corrected chi connectivity index (χ0v) is 26.5. The second-order valence-electron chi connectivity index (χ2n) is 9.23. The zero-order chi connectivity index (χ0) is 30.5. The van der Waals surface area contributed by atoms with E-state index in [1.54, 1.807) is 13.0 Å². The van der Waals surface area contributed by atoms with E-state index in [2.05, 4.69) is 66.7 Å². The van der Waals surface area contributed by atoms with Crippen LogP contribution in [0.25, 0.3) is 5.57 Å². The molecule has 1 aliphatic heterocycles. The highest BCUT2D eigenvalue weighted by molar-refractivity contribution is 5.96. The molecule has 10 nitrogen and oxygen atoms in total. The van der Waals surface area contributed by atoms with Crippen molar-refractivity contribution in [2.75, 3.05) is 41.4 Å². The normalized spacial score (nSPS) is 13.4. The number of ether oxygens (including phenoxy) is 2. The van der Waals surface area contributed by atoms with E-state index in [9.17, 15) is 9.59 Å². The topological polar surface area (TPSA) is 110 Å². The monoisotopic (exact) mass is 550 g/mol. The average Bonchev–Trinajstić information content (AvgIpc) is 3.13. The summed E-state index contributed by atoms with van der Waals surface area (Å²) in [6.07, 6.45) is 3.74. The van der Waals surface area contributed by atoms with Crippen LogP contribution < -0.4 is 10.6 Å². The quantitative estimate of drug-likeness (QED) is 0.217. The van der Waals surface area contributed by atoms with Gasteiger partial charge in [-0.1, -0.05) is 67.5 Å². The van der Waals surface area contributed by atoms with Gasteiger partial charge < -0.3 is 29.6 Å². The van der Waals surface area contributed by atoms with E-state index < -0.39 is 5.91 Å². The number of likely N-dealkylation sites (N-methyl/N-ethyl adjacent to an activating group) is 1. The van der Waals surface area contributed by atoms with Gasteiger partial charge in [0.15, 0.2) is 11.6 Å². The predicted molar refractivity (Wildman–Crippen MR) is 162 cm³/mol. The molecule has 2 heterocycles. The number of carbonyl (C=O) groups excluding carboxylic acids is 2. The van der Waals surface area contributed by atoms with Crippen molar-refractivity contribution in [3.8, 4) is 0 Å². The number of rotatable bonds is 7. The Morgan fingerprint density at radius 1 is 1.15 bits per heavy atom. The second-order valence-corrected chi connectivity index (χ2v) is 9.23. The lowest BCUT2D eigenvalue weighted by atomic mass is 10.2. The summed E-state index contributed by atoms with van der Waals surface area (Å²) in [6.45, 7) is 22.3. The third-order valence-corrected chi connectivity index (χ3v) is 4.74. The van der Waals surface area contributed by atoms with Crippen molar-refractivity contribution in [3.05, 3.63) is 35.8 Å². The molecule has 0 bridgehead atoms. The van der Waals surface area contributed by atoms with Crippen molar-refractivity contribution in [3.63, 3.8) is 0 Å². The molecular formula is C29H54N6O4. The van der Waals surface area contributed by atoms with Gasteiger partial charge >= 0.3 is 0 Å². The summed E-state index contributed by atoms with van der Waals surface area (Å²) in [5.74, 6) is 1.36. The average molecular weight is 551 g/mol. The van der Waals surface area contributed by atoms with E-state index in [0.717, 1.165) is 24.6 Å². The van der Waals surface area contributed by atoms with E-state index in [4.69, 9.17) is 9.47 Å². The fourth-order valence-corrected chi connectivity index (χ4v) is 3.12. The SMILES string of the molecule is C=C/C(=C(\N=C(/C)OC)OC)c1nc(C(=O)NCC(=O)NC)c2n1CCCN(C)C2.CC.CC(C)C.CCC. The van der Waals surface area contributed by atoms with Crippen molar-refractivity contribution < 1.29 is 19.1 Å². The predicted octanol–water partition coefficient (Wildman–Crippen LogP) is 4.87. The van der Waals surface area contributed by atoms with Gasteiger partial charge in [-0.25, -0.2) is 4.98 Å². The first-order chi connectivity index (χ1) is 18.5. The molecule has 1 aromatic heterocycles. The maximum absolute atomic E-state index is 12.8. The molecule has 2 amide bonds. The van der Waals surface area contributed by atoms with Crippen LogP contribution >= 0.6 is 0 Å². The molecule has 0 saturated carbocycles. The lowest BCUT2D eigenvalue weighted by Crippen LogP contribution is -2.36. The Bertz CT molecular complexity index is 932. The first-order valence-corrected chi connectivity index (χ1v) is 13.8. The third kappa shape index (κ3) is 14.0. The van der Waals surface area contributed by atoms with Crippen LogP contribution in [0.5, 0.6) is 0 Å². The molecule has 2 N–H and O–H groups in total. The minimum absolute atomic E-state index is 0.127. The van der Waals surface area contributed by atoms with Crippen LogP contribution in [0.4, 0.5) is 0 Å². The van der Waals surface area contributed by atoms with Gasteiger partial charge in [-0.2, -0.15) is 4.99 Å². The molecule has 39 heavy (non-hydrogen) atoms. The number of carbonyl (C=O) groups is 2. The maximum atomic E-state index is 12.8. The Labute approximate surface area is 236 Å². The first-order valence-electron chi connectivity index (χ1n) is 13.8. The lowest BCUT2D eigenvalue weighted by Gasteiger charge is -2.13. The Kier molecular flexibility index (Phi) is 21.2. The van der Waals surface area contributed by atoms with Crippen LogP contribution in [0.3, 0.4) is 0 Å². The van der Waals surface area contributed by atoms with Gasteiger partial charge in [0.05, 0.1) is 32.0 Å². The second kappa shape index (κ2) is 21.8. The molecule has 0 atom stereocenters. The minimum Gasteiger partial charge on any atom is -0.484 e. The molecule has 2 rings (SSSR count). The summed E-state index contributed by atoms with van der Waals surface area (Å²) in [4.78, 5) is 35.5. The van der Waals surface area contributed by atoms with Gasteiger partial charge in [-0.3, -0.25) is 9.59 Å². The summed E-state index contributed by atoms with van der Waals surface area (Å²) in [6, 6.07) is 0. The number of nitrogens with zero attached hydrogens (tertiary/aromatic N) is 4. The van der Waals surface area contributed by atoms with Gasteiger partial charge in [0, 0.05) is 27.1 Å². The van der Waals surface area contributed by atoms with E-state index in [1.165, 1.54) is 27.7 Å². The highest BCUT2D eigenvalue weighted by Gasteiger charge is 2.27. The molecule has 1 aliphatic rings. The van der Waals surface area contributed by atoms with Gasteiger partial charge in [0.2, 0.25) is 11.8 Å². The number of imidazole rings is 1. The van der Waals surface area contributed by atoms with Gasteiger partial charge in [0.1, 0.15) is 5.82 Å². The van der Waals surface area contributed by atoms with E-state index >= 15 is 0 Å². The van der Waals surface area contributed by atoms with Crippen LogP contribution in [0.1, 0.15) is 90.2 Å². The van der Waals surface area contributed by atoms with Crippen LogP contribution in [0.2, 0.25) is 0 Å². The Morgan fingerprint density at radius 2 is 1.72 bits per heavy atom. The molecule has 0 saturated heterocycles. The number of fused-ring (bicyclic) bond motifs is 1. The number of aromatic nitrogens is 2. The van der Waals surface area contributed by atoms with E-state index in [0.29, 0.717) is 30.4 Å². The van der Waals surface area contributed by atoms with Crippen LogP contribution in [0, 0.1) is 5.92 Å². The summed E-state index contributed by atoms with van der Waals surface area (Å²) < 4.78 is 12.6. The highest BCUT2D eigenvalue weighted by atomic mass is 16.5. The van der Waals surface area contributed by atoms with Crippen LogP contribution in [-0.2, 0) is 27.4 Å². The van der Waals surface area contributed by atoms with Crippen LogP contribution in [-0.4, -0.2) is 73.6 Å². The summed E-state index contributed by atoms with van der Waals surface area (Å²) >= 11 is 0. The Hall–Kier alpha value is -3.14. The molecule has 0 radical (unpaired) electrons. The molecule has 0 aliphatic carbocycles. The molecule has 10 heteroatoms. The first kappa shape index (κ1) is 38.0.